The van der Waals surface area contributed by atoms with Gasteiger partial charge in [0.2, 0.25) is 0 Å². The first-order valence-electron chi connectivity index (χ1n) is 6.51. The fourth-order valence-corrected chi connectivity index (χ4v) is 2.54. The standard InChI is InChI=1S/C16H17BrN2O/c1-4-12-8-14(17)16(20)15(9-12)19-18-13-6-10(2)5-11(3)7-13/h5-9,20H,4H2,1-3H3. The second kappa shape index (κ2) is 6.18. The minimum Gasteiger partial charge on any atom is -0.505 e. The lowest BCUT2D eigenvalue weighted by molar-refractivity contribution is 0.473. The van der Waals surface area contributed by atoms with Crippen LogP contribution in [-0.4, -0.2) is 5.11 Å². The zero-order valence-electron chi connectivity index (χ0n) is 11.8. The summed E-state index contributed by atoms with van der Waals surface area (Å²) in [5.74, 6) is 0.121. The van der Waals surface area contributed by atoms with Crippen LogP contribution in [0.1, 0.15) is 23.6 Å². The van der Waals surface area contributed by atoms with Crippen molar-refractivity contribution in [2.24, 2.45) is 10.2 Å². The SMILES string of the molecule is CCc1cc(Br)c(O)c(N=Nc2cc(C)cc(C)c2)c1. The van der Waals surface area contributed by atoms with Gasteiger partial charge in [-0.3, -0.25) is 0 Å². The molecule has 3 nitrogen and oxygen atoms in total. The molecule has 0 bridgehead atoms. The van der Waals surface area contributed by atoms with E-state index in [1.807, 2.05) is 38.1 Å². The fourth-order valence-electron chi connectivity index (χ4n) is 2.04. The van der Waals surface area contributed by atoms with Gasteiger partial charge in [0.15, 0.2) is 5.75 Å². The van der Waals surface area contributed by atoms with Crippen molar-refractivity contribution in [3.8, 4) is 5.75 Å². The monoisotopic (exact) mass is 332 g/mol. The smallest absolute Gasteiger partial charge is 0.157 e. The molecule has 1 N–H and O–H groups in total. The van der Waals surface area contributed by atoms with Crippen LogP contribution in [-0.2, 0) is 6.42 Å². The average molecular weight is 333 g/mol. The zero-order valence-corrected chi connectivity index (χ0v) is 13.4. The minimum absolute atomic E-state index is 0.121. The second-order valence-electron chi connectivity index (χ2n) is 4.84. The van der Waals surface area contributed by atoms with Crippen LogP contribution in [0.5, 0.6) is 5.75 Å². The van der Waals surface area contributed by atoms with Gasteiger partial charge in [-0.15, -0.1) is 5.11 Å². The number of halogens is 1. The molecule has 2 aromatic carbocycles. The highest BCUT2D eigenvalue weighted by Gasteiger charge is 2.07. The first-order chi connectivity index (χ1) is 9.49. The zero-order chi connectivity index (χ0) is 14.7. The van der Waals surface area contributed by atoms with Gasteiger partial charge >= 0.3 is 0 Å². The molecule has 0 amide bonds. The van der Waals surface area contributed by atoms with Crippen molar-refractivity contribution >= 4 is 27.3 Å². The van der Waals surface area contributed by atoms with Crippen LogP contribution < -0.4 is 0 Å². The highest BCUT2D eigenvalue weighted by atomic mass is 79.9. The second-order valence-corrected chi connectivity index (χ2v) is 5.70. The van der Waals surface area contributed by atoms with Gasteiger partial charge in [0, 0.05) is 0 Å². The Morgan fingerprint density at radius 1 is 1.00 bits per heavy atom. The lowest BCUT2D eigenvalue weighted by Crippen LogP contribution is -1.81. The molecule has 0 fully saturated rings. The molecule has 4 heteroatoms. The lowest BCUT2D eigenvalue weighted by Gasteiger charge is -2.04. The molecule has 0 aromatic heterocycles. The number of aromatic hydroxyl groups is 1. The van der Waals surface area contributed by atoms with Crippen LogP contribution in [0.2, 0.25) is 0 Å². The molecule has 0 atom stereocenters. The largest absolute Gasteiger partial charge is 0.505 e. The highest BCUT2D eigenvalue weighted by molar-refractivity contribution is 9.10. The third-order valence-corrected chi connectivity index (χ3v) is 3.60. The number of hydrogen-bond donors (Lipinski definition) is 1. The number of benzene rings is 2. The van der Waals surface area contributed by atoms with E-state index in [1.165, 1.54) is 0 Å². The summed E-state index contributed by atoms with van der Waals surface area (Å²) in [6.45, 7) is 6.11. The molecule has 0 aliphatic rings. The summed E-state index contributed by atoms with van der Waals surface area (Å²) >= 11 is 3.34. The van der Waals surface area contributed by atoms with Gasteiger partial charge < -0.3 is 5.11 Å². The molecule has 0 aliphatic heterocycles. The number of rotatable bonds is 3. The molecule has 0 heterocycles. The molecule has 0 spiro atoms. The predicted octanol–water partition coefficient (Wildman–Crippen LogP) is 5.75. The van der Waals surface area contributed by atoms with E-state index in [4.69, 9.17) is 0 Å². The van der Waals surface area contributed by atoms with E-state index in [0.717, 1.165) is 28.8 Å². The van der Waals surface area contributed by atoms with E-state index < -0.39 is 0 Å². The Labute approximate surface area is 127 Å². The number of azo groups is 1. The van der Waals surface area contributed by atoms with Crippen LogP contribution in [0.3, 0.4) is 0 Å². The minimum atomic E-state index is 0.121. The number of hydrogen-bond acceptors (Lipinski definition) is 3. The van der Waals surface area contributed by atoms with Crippen molar-refractivity contribution < 1.29 is 5.11 Å². The number of phenols is 1. The summed E-state index contributed by atoms with van der Waals surface area (Å²) in [6, 6.07) is 9.76. The van der Waals surface area contributed by atoms with Crippen LogP contribution in [0.4, 0.5) is 11.4 Å². The Bertz CT molecular complexity index is 646. The summed E-state index contributed by atoms with van der Waals surface area (Å²) in [5, 5.41) is 18.4. The average Bonchev–Trinajstić information content (AvgIpc) is 2.39. The summed E-state index contributed by atoms with van der Waals surface area (Å²) in [4.78, 5) is 0. The first kappa shape index (κ1) is 14.7. The molecular formula is C16H17BrN2O. The van der Waals surface area contributed by atoms with Crippen LogP contribution in [0, 0.1) is 13.8 Å². The van der Waals surface area contributed by atoms with E-state index in [1.54, 1.807) is 0 Å². The highest BCUT2D eigenvalue weighted by Crippen LogP contribution is 2.36. The Balaban J connectivity index is 2.38. The van der Waals surface area contributed by atoms with Gasteiger partial charge in [0.25, 0.3) is 0 Å². The van der Waals surface area contributed by atoms with Gasteiger partial charge in [0.1, 0.15) is 5.69 Å². The van der Waals surface area contributed by atoms with Crippen molar-refractivity contribution in [3.05, 3.63) is 51.5 Å². The van der Waals surface area contributed by atoms with Crippen molar-refractivity contribution in [2.75, 3.05) is 0 Å². The van der Waals surface area contributed by atoms with Crippen molar-refractivity contribution in [1.82, 2.24) is 0 Å². The van der Waals surface area contributed by atoms with Gasteiger partial charge in [0.05, 0.1) is 10.2 Å². The molecule has 0 saturated heterocycles. The van der Waals surface area contributed by atoms with E-state index in [2.05, 4.69) is 39.1 Å². The van der Waals surface area contributed by atoms with Crippen molar-refractivity contribution in [1.29, 1.82) is 0 Å². The Morgan fingerprint density at radius 2 is 1.65 bits per heavy atom. The summed E-state index contributed by atoms with van der Waals surface area (Å²) in [5.41, 5.74) is 4.66. The maximum Gasteiger partial charge on any atom is 0.157 e. The summed E-state index contributed by atoms with van der Waals surface area (Å²) in [6.07, 6.45) is 0.880. The maximum atomic E-state index is 10.0. The molecule has 0 unspecified atom stereocenters. The molecular weight excluding hydrogens is 316 g/mol. The molecule has 0 saturated carbocycles. The quantitative estimate of drug-likeness (QED) is 0.714. The van der Waals surface area contributed by atoms with E-state index in [-0.39, 0.29) is 5.75 Å². The van der Waals surface area contributed by atoms with Crippen LogP contribution in [0.15, 0.2) is 45.0 Å². The number of phenolic OH excluding ortho intramolecular Hbond substituents is 1. The van der Waals surface area contributed by atoms with E-state index in [0.29, 0.717) is 10.2 Å². The Kier molecular flexibility index (Phi) is 4.55. The van der Waals surface area contributed by atoms with Gasteiger partial charge in [-0.25, -0.2) is 0 Å². The van der Waals surface area contributed by atoms with E-state index >= 15 is 0 Å². The van der Waals surface area contributed by atoms with Gasteiger partial charge in [-0.2, -0.15) is 5.11 Å². The Hall–Kier alpha value is -1.68. The normalized spacial score (nSPS) is 11.2. The van der Waals surface area contributed by atoms with Crippen LogP contribution >= 0.6 is 15.9 Å². The third kappa shape index (κ3) is 3.45. The maximum absolute atomic E-state index is 10.0. The van der Waals surface area contributed by atoms with Gasteiger partial charge in [-0.1, -0.05) is 13.0 Å². The van der Waals surface area contributed by atoms with Crippen molar-refractivity contribution in [2.45, 2.75) is 27.2 Å². The molecule has 0 radical (unpaired) electrons. The fraction of sp³-hybridized carbons (Fsp3) is 0.250. The molecule has 104 valence electrons. The molecule has 0 aliphatic carbocycles. The topological polar surface area (TPSA) is 45.0 Å². The molecule has 2 rings (SSSR count). The number of nitrogens with zero attached hydrogens (tertiary/aromatic N) is 2. The number of aryl methyl sites for hydroxylation is 3. The summed E-state index contributed by atoms with van der Waals surface area (Å²) < 4.78 is 0.645. The lowest BCUT2D eigenvalue weighted by atomic mass is 10.1. The molecule has 2 aromatic rings. The van der Waals surface area contributed by atoms with Gasteiger partial charge in [-0.05, 0) is 77.2 Å². The first-order valence-corrected chi connectivity index (χ1v) is 7.30. The van der Waals surface area contributed by atoms with Crippen LogP contribution in [0.25, 0.3) is 0 Å². The Morgan fingerprint density at radius 3 is 2.25 bits per heavy atom. The molecule has 20 heavy (non-hydrogen) atoms. The third-order valence-electron chi connectivity index (χ3n) is 2.99. The van der Waals surface area contributed by atoms with Crippen molar-refractivity contribution in [3.63, 3.8) is 0 Å². The van der Waals surface area contributed by atoms with E-state index in [9.17, 15) is 5.11 Å². The predicted molar refractivity (Wildman–Crippen MR) is 85.3 cm³/mol. The summed E-state index contributed by atoms with van der Waals surface area (Å²) in [7, 11) is 0.